The van der Waals surface area contributed by atoms with Crippen molar-refractivity contribution in [2.45, 2.75) is 25.9 Å². The van der Waals surface area contributed by atoms with Gasteiger partial charge in [-0.25, -0.2) is 0 Å². The summed E-state index contributed by atoms with van der Waals surface area (Å²) in [4.78, 5) is 0. The van der Waals surface area contributed by atoms with Crippen LogP contribution in [-0.4, -0.2) is 6.04 Å². The van der Waals surface area contributed by atoms with E-state index in [9.17, 15) is 0 Å². The molecule has 1 rings (SSSR count). The standard InChI is InChI=1S/C11H12BrClN2/c1-7(2)15-11(6-14)9-5-8(12)3-4-10(9)13/h3-5,7,11,15H,1-2H3. The highest BCUT2D eigenvalue weighted by Crippen LogP contribution is 2.26. The molecule has 0 spiro atoms. The molecular weight excluding hydrogens is 275 g/mol. The molecule has 1 N–H and O–H groups in total. The summed E-state index contributed by atoms with van der Waals surface area (Å²) in [6.45, 7) is 3.99. The van der Waals surface area contributed by atoms with Crippen LogP contribution in [0.25, 0.3) is 0 Å². The van der Waals surface area contributed by atoms with Crippen LogP contribution in [0.4, 0.5) is 0 Å². The third-order valence-corrected chi connectivity index (χ3v) is 2.74. The SMILES string of the molecule is CC(C)NC(C#N)c1cc(Br)ccc1Cl. The molecule has 0 saturated carbocycles. The molecule has 0 amide bonds. The first-order chi connectivity index (χ1) is 7.04. The molecule has 0 fully saturated rings. The third kappa shape index (κ3) is 3.49. The van der Waals surface area contributed by atoms with Crippen molar-refractivity contribution in [1.29, 1.82) is 5.26 Å². The Morgan fingerprint density at radius 3 is 2.67 bits per heavy atom. The first kappa shape index (κ1) is 12.5. The van der Waals surface area contributed by atoms with Gasteiger partial charge in [-0.05, 0) is 32.0 Å². The first-order valence-corrected chi connectivity index (χ1v) is 5.82. The zero-order valence-corrected chi connectivity index (χ0v) is 10.9. The second-order valence-electron chi connectivity index (χ2n) is 3.55. The lowest BCUT2D eigenvalue weighted by atomic mass is 10.1. The smallest absolute Gasteiger partial charge is 0.123 e. The van der Waals surface area contributed by atoms with Crippen LogP contribution in [0.3, 0.4) is 0 Å². The van der Waals surface area contributed by atoms with E-state index in [0.29, 0.717) is 5.02 Å². The molecule has 0 aromatic heterocycles. The molecule has 1 atom stereocenters. The van der Waals surface area contributed by atoms with Crippen molar-refractivity contribution in [2.75, 3.05) is 0 Å². The van der Waals surface area contributed by atoms with Gasteiger partial charge in [-0.2, -0.15) is 5.26 Å². The Morgan fingerprint density at radius 1 is 1.47 bits per heavy atom. The molecule has 2 nitrogen and oxygen atoms in total. The Morgan fingerprint density at radius 2 is 2.13 bits per heavy atom. The van der Waals surface area contributed by atoms with Crippen molar-refractivity contribution in [3.8, 4) is 6.07 Å². The number of nitrogens with zero attached hydrogens (tertiary/aromatic N) is 1. The Kier molecular flexibility index (Phi) is 4.59. The van der Waals surface area contributed by atoms with Gasteiger partial charge in [-0.3, -0.25) is 5.32 Å². The molecule has 15 heavy (non-hydrogen) atoms. The summed E-state index contributed by atoms with van der Waals surface area (Å²) in [5, 5.41) is 12.8. The molecule has 1 unspecified atom stereocenters. The van der Waals surface area contributed by atoms with Crippen molar-refractivity contribution in [3.05, 3.63) is 33.3 Å². The second kappa shape index (κ2) is 5.50. The molecule has 1 aromatic carbocycles. The van der Waals surface area contributed by atoms with Gasteiger partial charge in [-0.1, -0.05) is 27.5 Å². The van der Waals surface area contributed by atoms with E-state index in [1.807, 2.05) is 26.0 Å². The Hall–Kier alpha value is -0.560. The monoisotopic (exact) mass is 286 g/mol. The molecule has 0 bridgehead atoms. The average molecular weight is 288 g/mol. The van der Waals surface area contributed by atoms with Crippen LogP contribution >= 0.6 is 27.5 Å². The minimum Gasteiger partial charge on any atom is -0.296 e. The number of nitrogens with one attached hydrogen (secondary N) is 1. The van der Waals surface area contributed by atoms with Gasteiger partial charge >= 0.3 is 0 Å². The van der Waals surface area contributed by atoms with Crippen molar-refractivity contribution >= 4 is 27.5 Å². The fraction of sp³-hybridized carbons (Fsp3) is 0.364. The lowest BCUT2D eigenvalue weighted by Crippen LogP contribution is -2.27. The van der Waals surface area contributed by atoms with E-state index in [1.165, 1.54) is 0 Å². The van der Waals surface area contributed by atoms with Gasteiger partial charge in [0.15, 0.2) is 0 Å². The normalized spacial score (nSPS) is 12.5. The molecule has 0 radical (unpaired) electrons. The third-order valence-electron chi connectivity index (χ3n) is 1.90. The maximum atomic E-state index is 9.06. The van der Waals surface area contributed by atoms with Gasteiger partial charge in [0.05, 0.1) is 6.07 Å². The molecule has 80 valence electrons. The summed E-state index contributed by atoms with van der Waals surface area (Å²) in [5.41, 5.74) is 0.808. The largest absolute Gasteiger partial charge is 0.296 e. The van der Waals surface area contributed by atoms with E-state index in [2.05, 4.69) is 27.3 Å². The topological polar surface area (TPSA) is 35.8 Å². The summed E-state index contributed by atoms with van der Waals surface area (Å²) in [5.74, 6) is 0. The number of halogens is 2. The van der Waals surface area contributed by atoms with Crippen LogP contribution in [0, 0.1) is 11.3 Å². The Bertz CT molecular complexity index is 385. The second-order valence-corrected chi connectivity index (χ2v) is 4.87. The van der Waals surface area contributed by atoms with Gasteiger partial charge in [-0.15, -0.1) is 0 Å². The van der Waals surface area contributed by atoms with E-state index < -0.39 is 0 Å². The quantitative estimate of drug-likeness (QED) is 0.921. The fourth-order valence-electron chi connectivity index (χ4n) is 1.27. The summed E-state index contributed by atoms with van der Waals surface area (Å²) in [6, 6.07) is 7.58. The maximum Gasteiger partial charge on any atom is 0.123 e. The van der Waals surface area contributed by atoms with E-state index in [1.54, 1.807) is 6.07 Å². The van der Waals surface area contributed by atoms with Gasteiger partial charge in [0, 0.05) is 21.1 Å². The molecule has 0 aliphatic heterocycles. The summed E-state index contributed by atoms with van der Waals surface area (Å²) < 4.78 is 0.924. The van der Waals surface area contributed by atoms with Crippen molar-refractivity contribution in [3.63, 3.8) is 0 Å². The molecule has 0 heterocycles. The molecule has 0 saturated heterocycles. The lowest BCUT2D eigenvalue weighted by Gasteiger charge is -2.16. The van der Waals surface area contributed by atoms with Gasteiger partial charge in [0.2, 0.25) is 0 Å². The molecular formula is C11H12BrClN2. The summed E-state index contributed by atoms with van der Waals surface area (Å²) >= 11 is 9.41. The molecule has 0 aliphatic rings. The molecule has 1 aromatic rings. The number of hydrogen-bond donors (Lipinski definition) is 1. The zero-order valence-electron chi connectivity index (χ0n) is 8.59. The Balaban J connectivity index is 3.02. The average Bonchev–Trinajstić information content (AvgIpc) is 2.18. The van der Waals surface area contributed by atoms with Crippen LogP contribution < -0.4 is 5.32 Å². The van der Waals surface area contributed by atoms with Crippen LogP contribution in [0.15, 0.2) is 22.7 Å². The minimum atomic E-state index is -0.366. The molecule has 0 aliphatic carbocycles. The van der Waals surface area contributed by atoms with E-state index in [-0.39, 0.29) is 12.1 Å². The van der Waals surface area contributed by atoms with Gasteiger partial charge in [0.1, 0.15) is 6.04 Å². The maximum absolute atomic E-state index is 9.06. The Labute approximate surface area is 103 Å². The van der Waals surface area contributed by atoms with Crippen LogP contribution in [0.2, 0.25) is 5.02 Å². The van der Waals surface area contributed by atoms with Crippen LogP contribution in [-0.2, 0) is 0 Å². The van der Waals surface area contributed by atoms with E-state index >= 15 is 0 Å². The van der Waals surface area contributed by atoms with Gasteiger partial charge in [0.25, 0.3) is 0 Å². The lowest BCUT2D eigenvalue weighted by molar-refractivity contribution is 0.546. The number of hydrogen-bond acceptors (Lipinski definition) is 2. The van der Waals surface area contributed by atoms with E-state index in [4.69, 9.17) is 16.9 Å². The highest BCUT2D eigenvalue weighted by Gasteiger charge is 2.14. The zero-order chi connectivity index (χ0) is 11.4. The summed E-state index contributed by atoms with van der Waals surface area (Å²) in [7, 11) is 0. The first-order valence-electron chi connectivity index (χ1n) is 4.65. The highest BCUT2D eigenvalue weighted by molar-refractivity contribution is 9.10. The predicted molar refractivity (Wildman–Crippen MR) is 65.8 cm³/mol. The minimum absolute atomic E-state index is 0.240. The number of nitriles is 1. The van der Waals surface area contributed by atoms with E-state index in [0.717, 1.165) is 10.0 Å². The fourth-order valence-corrected chi connectivity index (χ4v) is 1.87. The van der Waals surface area contributed by atoms with Crippen molar-refractivity contribution < 1.29 is 0 Å². The van der Waals surface area contributed by atoms with Crippen LogP contribution in [0.1, 0.15) is 25.5 Å². The van der Waals surface area contributed by atoms with Crippen molar-refractivity contribution in [2.24, 2.45) is 0 Å². The predicted octanol–water partition coefficient (Wildman–Crippen LogP) is 3.67. The van der Waals surface area contributed by atoms with Crippen molar-refractivity contribution in [1.82, 2.24) is 5.32 Å². The van der Waals surface area contributed by atoms with Crippen LogP contribution in [0.5, 0.6) is 0 Å². The molecule has 4 heteroatoms. The van der Waals surface area contributed by atoms with Gasteiger partial charge < -0.3 is 0 Å². The number of rotatable bonds is 3. The summed E-state index contributed by atoms with van der Waals surface area (Å²) in [6.07, 6.45) is 0. The number of benzene rings is 1. The highest BCUT2D eigenvalue weighted by atomic mass is 79.9.